The fourth-order valence-electron chi connectivity index (χ4n) is 1.44. The van der Waals surface area contributed by atoms with Gasteiger partial charge >= 0.3 is 0 Å². The van der Waals surface area contributed by atoms with Gasteiger partial charge in [0.1, 0.15) is 0 Å². The van der Waals surface area contributed by atoms with Gasteiger partial charge in [0.25, 0.3) is 0 Å². The van der Waals surface area contributed by atoms with Gasteiger partial charge in [-0.3, -0.25) is 9.78 Å². The molecule has 0 aliphatic heterocycles. The minimum absolute atomic E-state index is 0.0845. The summed E-state index contributed by atoms with van der Waals surface area (Å²) in [5, 5.41) is 6.13. The molecule has 0 bridgehead atoms. The van der Waals surface area contributed by atoms with Crippen LogP contribution in [-0.4, -0.2) is 30.0 Å². The van der Waals surface area contributed by atoms with Gasteiger partial charge in [-0.1, -0.05) is 19.9 Å². The first kappa shape index (κ1) is 13.6. The SMILES string of the molecule is CC(C)NCCNC(=O)CCc1ccccn1. The molecule has 1 heterocycles. The minimum atomic E-state index is 0.0845. The molecule has 0 fully saturated rings. The lowest BCUT2D eigenvalue weighted by Crippen LogP contribution is -2.34. The zero-order valence-electron chi connectivity index (χ0n) is 10.6. The van der Waals surface area contributed by atoms with E-state index < -0.39 is 0 Å². The van der Waals surface area contributed by atoms with Crippen LogP contribution in [0.1, 0.15) is 26.0 Å². The van der Waals surface area contributed by atoms with Crippen molar-refractivity contribution < 1.29 is 4.79 Å². The smallest absolute Gasteiger partial charge is 0.220 e. The van der Waals surface area contributed by atoms with Crippen LogP contribution in [0.15, 0.2) is 24.4 Å². The number of carbonyl (C=O) groups excluding carboxylic acids is 1. The van der Waals surface area contributed by atoms with Gasteiger partial charge in [-0.25, -0.2) is 0 Å². The van der Waals surface area contributed by atoms with Crippen LogP contribution in [0, 0.1) is 0 Å². The molecule has 4 nitrogen and oxygen atoms in total. The topological polar surface area (TPSA) is 54.0 Å². The number of carbonyl (C=O) groups is 1. The molecule has 2 N–H and O–H groups in total. The van der Waals surface area contributed by atoms with Crippen molar-refractivity contribution in [2.45, 2.75) is 32.7 Å². The lowest BCUT2D eigenvalue weighted by Gasteiger charge is -2.08. The Morgan fingerprint density at radius 3 is 2.82 bits per heavy atom. The van der Waals surface area contributed by atoms with E-state index in [9.17, 15) is 4.79 Å². The number of aromatic nitrogens is 1. The molecule has 1 aromatic heterocycles. The highest BCUT2D eigenvalue weighted by Crippen LogP contribution is 1.97. The van der Waals surface area contributed by atoms with Gasteiger partial charge in [0, 0.05) is 37.4 Å². The van der Waals surface area contributed by atoms with E-state index >= 15 is 0 Å². The van der Waals surface area contributed by atoms with E-state index in [1.807, 2.05) is 18.2 Å². The van der Waals surface area contributed by atoms with E-state index in [0.717, 1.165) is 12.2 Å². The maximum absolute atomic E-state index is 11.5. The monoisotopic (exact) mass is 235 g/mol. The van der Waals surface area contributed by atoms with Gasteiger partial charge in [0.05, 0.1) is 0 Å². The van der Waals surface area contributed by atoms with Gasteiger partial charge in [-0.2, -0.15) is 0 Å². The molecule has 0 atom stereocenters. The van der Waals surface area contributed by atoms with Crippen molar-refractivity contribution in [3.05, 3.63) is 30.1 Å². The van der Waals surface area contributed by atoms with Gasteiger partial charge in [-0.15, -0.1) is 0 Å². The molecule has 17 heavy (non-hydrogen) atoms. The second-order valence-corrected chi connectivity index (χ2v) is 4.28. The number of aryl methyl sites for hydroxylation is 1. The van der Waals surface area contributed by atoms with Gasteiger partial charge < -0.3 is 10.6 Å². The summed E-state index contributed by atoms with van der Waals surface area (Å²) in [6.45, 7) is 5.66. The maximum atomic E-state index is 11.5. The van der Waals surface area contributed by atoms with Crippen LogP contribution in [0.5, 0.6) is 0 Å². The Bertz CT molecular complexity index is 325. The number of hydrogen-bond donors (Lipinski definition) is 2. The molecular weight excluding hydrogens is 214 g/mol. The number of nitrogens with zero attached hydrogens (tertiary/aromatic N) is 1. The lowest BCUT2D eigenvalue weighted by atomic mass is 10.2. The summed E-state index contributed by atoms with van der Waals surface area (Å²) >= 11 is 0. The normalized spacial score (nSPS) is 10.5. The van der Waals surface area contributed by atoms with Gasteiger partial charge in [-0.05, 0) is 18.6 Å². The van der Waals surface area contributed by atoms with E-state index in [4.69, 9.17) is 0 Å². The van der Waals surface area contributed by atoms with Crippen LogP contribution >= 0.6 is 0 Å². The third-order valence-electron chi connectivity index (χ3n) is 2.33. The Hall–Kier alpha value is -1.42. The highest BCUT2D eigenvalue weighted by atomic mass is 16.1. The fraction of sp³-hybridized carbons (Fsp3) is 0.538. The van der Waals surface area contributed by atoms with Crippen LogP contribution in [0.25, 0.3) is 0 Å². The lowest BCUT2D eigenvalue weighted by molar-refractivity contribution is -0.121. The summed E-state index contributed by atoms with van der Waals surface area (Å²) in [7, 11) is 0. The van der Waals surface area contributed by atoms with Crippen LogP contribution in [0.4, 0.5) is 0 Å². The minimum Gasteiger partial charge on any atom is -0.355 e. The van der Waals surface area contributed by atoms with Crippen LogP contribution in [-0.2, 0) is 11.2 Å². The van der Waals surface area contributed by atoms with Crippen LogP contribution in [0.2, 0.25) is 0 Å². The van der Waals surface area contributed by atoms with Crippen molar-refractivity contribution in [3.63, 3.8) is 0 Å². The van der Waals surface area contributed by atoms with E-state index in [0.29, 0.717) is 25.4 Å². The molecule has 1 rings (SSSR count). The number of nitrogens with one attached hydrogen (secondary N) is 2. The van der Waals surface area contributed by atoms with Crippen molar-refractivity contribution in [2.75, 3.05) is 13.1 Å². The summed E-state index contributed by atoms with van der Waals surface area (Å²) in [5.74, 6) is 0.0845. The molecule has 0 aliphatic rings. The van der Waals surface area contributed by atoms with Crippen molar-refractivity contribution in [2.24, 2.45) is 0 Å². The molecule has 0 spiro atoms. The number of rotatable bonds is 7. The third kappa shape index (κ3) is 6.68. The highest BCUT2D eigenvalue weighted by molar-refractivity contribution is 5.76. The predicted octanol–water partition coefficient (Wildman–Crippen LogP) is 1.13. The Morgan fingerprint density at radius 1 is 1.35 bits per heavy atom. The predicted molar refractivity (Wildman–Crippen MR) is 68.7 cm³/mol. The standard InChI is InChI=1S/C13H21N3O/c1-11(2)14-9-10-16-13(17)7-6-12-5-3-4-8-15-12/h3-5,8,11,14H,6-7,9-10H2,1-2H3,(H,16,17). The third-order valence-corrected chi connectivity index (χ3v) is 2.33. The molecule has 0 aliphatic carbocycles. The Labute approximate surface area is 103 Å². The molecule has 4 heteroatoms. The maximum Gasteiger partial charge on any atom is 0.220 e. The molecule has 94 valence electrons. The fourth-order valence-corrected chi connectivity index (χ4v) is 1.44. The molecule has 0 saturated heterocycles. The van der Waals surface area contributed by atoms with Crippen molar-refractivity contribution in [1.29, 1.82) is 0 Å². The van der Waals surface area contributed by atoms with Crippen molar-refractivity contribution >= 4 is 5.91 Å². The van der Waals surface area contributed by atoms with E-state index in [1.165, 1.54) is 0 Å². The van der Waals surface area contributed by atoms with Gasteiger partial charge in [0.15, 0.2) is 0 Å². The van der Waals surface area contributed by atoms with Crippen molar-refractivity contribution in [1.82, 2.24) is 15.6 Å². The molecule has 0 radical (unpaired) electrons. The first-order valence-electron chi connectivity index (χ1n) is 6.08. The molecule has 0 saturated carbocycles. The Morgan fingerprint density at radius 2 is 2.18 bits per heavy atom. The molecule has 1 aromatic rings. The molecular formula is C13H21N3O. The van der Waals surface area contributed by atoms with Crippen LogP contribution < -0.4 is 10.6 Å². The molecule has 0 unspecified atom stereocenters. The highest BCUT2D eigenvalue weighted by Gasteiger charge is 2.02. The average Bonchev–Trinajstić information content (AvgIpc) is 2.33. The number of amides is 1. The Kier molecular flexibility index (Phi) is 6.25. The number of hydrogen-bond acceptors (Lipinski definition) is 3. The largest absolute Gasteiger partial charge is 0.355 e. The zero-order valence-corrected chi connectivity index (χ0v) is 10.6. The first-order valence-corrected chi connectivity index (χ1v) is 6.08. The quantitative estimate of drug-likeness (QED) is 0.697. The second-order valence-electron chi connectivity index (χ2n) is 4.28. The zero-order chi connectivity index (χ0) is 12.5. The van der Waals surface area contributed by atoms with E-state index in [1.54, 1.807) is 6.20 Å². The summed E-state index contributed by atoms with van der Waals surface area (Å²) in [6, 6.07) is 6.21. The summed E-state index contributed by atoms with van der Waals surface area (Å²) in [5.41, 5.74) is 0.961. The number of pyridine rings is 1. The van der Waals surface area contributed by atoms with Crippen molar-refractivity contribution in [3.8, 4) is 0 Å². The summed E-state index contributed by atoms with van der Waals surface area (Å²) < 4.78 is 0. The summed E-state index contributed by atoms with van der Waals surface area (Å²) in [6.07, 6.45) is 2.95. The van der Waals surface area contributed by atoms with E-state index in [-0.39, 0.29) is 5.91 Å². The van der Waals surface area contributed by atoms with Crippen LogP contribution in [0.3, 0.4) is 0 Å². The second kappa shape index (κ2) is 7.79. The Balaban J connectivity index is 2.09. The summed E-state index contributed by atoms with van der Waals surface area (Å²) in [4.78, 5) is 15.7. The van der Waals surface area contributed by atoms with Gasteiger partial charge in [0.2, 0.25) is 5.91 Å². The molecule has 1 amide bonds. The average molecular weight is 235 g/mol. The first-order chi connectivity index (χ1) is 8.18. The molecule has 0 aromatic carbocycles. The van der Waals surface area contributed by atoms with E-state index in [2.05, 4.69) is 29.5 Å².